The smallest absolute Gasteiger partial charge is 0.263 e. The van der Waals surface area contributed by atoms with Crippen LogP contribution in [0.2, 0.25) is 0 Å². The van der Waals surface area contributed by atoms with Crippen molar-refractivity contribution in [3.05, 3.63) is 35.3 Å². The number of nitrogens with two attached hydrogens (primary N) is 1. The highest BCUT2D eigenvalue weighted by atomic mass is 32.2. The Balaban J connectivity index is 2.43. The SMILES string of the molecule is Cc1cn[nH]c1NS(=O)(=O)c1cc(C)c(F)c(N)c1. The van der Waals surface area contributed by atoms with Gasteiger partial charge < -0.3 is 5.73 Å². The van der Waals surface area contributed by atoms with Gasteiger partial charge in [0.25, 0.3) is 10.0 Å². The average Bonchev–Trinajstić information content (AvgIpc) is 2.70. The fourth-order valence-electron chi connectivity index (χ4n) is 1.56. The third-order valence-corrected chi connectivity index (χ3v) is 3.96. The van der Waals surface area contributed by atoms with Crippen LogP contribution in [-0.4, -0.2) is 18.6 Å². The van der Waals surface area contributed by atoms with E-state index in [4.69, 9.17) is 5.73 Å². The van der Waals surface area contributed by atoms with Gasteiger partial charge in [-0.2, -0.15) is 5.10 Å². The minimum atomic E-state index is -3.84. The maximum atomic E-state index is 13.4. The fourth-order valence-corrected chi connectivity index (χ4v) is 2.77. The van der Waals surface area contributed by atoms with Crippen molar-refractivity contribution in [2.24, 2.45) is 0 Å². The Hall–Kier alpha value is -2.09. The Labute approximate surface area is 109 Å². The molecule has 0 atom stereocenters. The molecule has 0 bridgehead atoms. The molecule has 1 aromatic carbocycles. The van der Waals surface area contributed by atoms with Gasteiger partial charge in [0.1, 0.15) is 11.6 Å². The fraction of sp³-hybridized carbons (Fsp3) is 0.182. The summed E-state index contributed by atoms with van der Waals surface area (Å²) in [6.07, 6.45) is 1.49. The van der Waals surface area contributed by atoms with E-state index in [9.17, 15) is 12.8 Å². The van der Waals surface area contributed by atoms with Crippen molar-refractivity contribution in [2.75, 3.05) is 10.5 Å². The third kappa shape index (κ3) is 2.53. The van der Waals surface area contributed by atoms with Crippen molar-refractivity contribution < 1.29 is 12.8 Å². The van der Waals surface area contributed by atoms with Gasteiger partial charge in [-0.1, -0.05) is 0 Å². The van der Waals surface area contributed by atoms with Crippen LogP contribution in [0.25, 0.3) is 0 Å². The Morgan fingerprint density at radius 1 is 1.32 bits per heavy atom. The number of aromatic nitrogens is 2. The van der Waals surface area contributed by atoms with E-state index in [1.165, 1.54) is 19.2 Å². The zero-order chi connectivity index (χ0) is 14.2. The molecule has 0 saturated heterocycles. The first-order valence-corrected chi connectivity index (χ1v) is 6.88. The van der Waals surface area contributed by atoms with Gasteiger partial charge in [-0.15, -0.1) is 0 Å². The summed E-state index contributed by atoms with van der Waals surface area (Å²) in [7, 11) is -3.84. The van der Waals surface area contributed by atoms with E-state index >= 15 is 0 Å². The minimum absolute atomic E-state index is 0.0992. The van der Waals surface area contributed by atoms with Gasteiger partial charge in [-0.25, -0.2) is 12.8 Å². The molecule has 0 radical (unpaired) electrons. The van der Waals surface area contributed by atoms with Crippen LogP contribution in [0.5, 0.6) is 0 Å². The number of anilines is 2. The quantitative estimate of drug-likeness (QED) is 0.744. The second-order valence-corrected chi connectivity index (χ2v) is 5.86. The molecule has 102 valence electrons. The predicted octanol–water partition coefficient (Wildman–Crippen LogP) is 1.55. The van der Waals surface area contributed by atoms with Crippen molar-refractivity contribution in [3.8, 4) is 0 Å². The Morgan fingerprint density at radius 2 is 2.00 bits per heavy atom. The lowest BCUT2D eigenvalue weighted by Crippen LogP contribution is -2.15. The van der Waals surface area contributed by atoms with Gasteiger partial charge in [0.05, 0.1) is 16.8 Å². The molecule has 0 amide bonds. The number of nitrogens with zero attached hydrogens (tertiary/aromatic N) is 1. The standard InChI is InChI=1S/C11H13FN4O2S/c1-6-3-8(4-9(13)10(6)12)19(17,18)16-11-7(2)5-14-15-11/h3-5H,13H2,1-2H3,(H2,14,15,16). The second kappa shape index (κ2) is 4.54. The molecule has 19 heavy (non-hydrogen) atoms. The molecule has 1 aromatic heterocycles. The number of benzene rings is 1. The number of aromatic amines is 1. The number of sulfonamides is 1. The van der Waals surface area contributed by atoms with Crippen LogP contribution in [0.3, 0.4) is 0 Å². The molecule has 8 heteroatoms. The van der Waals surface area contributed by atoms with Crippen molar-refractivity contribution in [2.45, 2.75) is 18.7 Å². The lowest BCUT2D eigenvalue weighted by Gasteiger charge is -2.09. The number of aryl methyl sites for hydroxylation is 2. The van der Waals surface area contributed by atoms with Crippen LogP contribution in [0.1, 0.15) is 11.1 Å². The average molecular weight is 284 g/mol. The number of nitrogens with one attached hydrogen (secondary N) is 2. The minimum Gasteiger partial charge on any atom is -0.396 e. The highest BCUT2D eigenvalue weighted by Gasteiger charge is 2.19. The zero-order valence-electron chi connectivity index (χ0n) is 10.4. The van der Waals surface area contributed by atoms with Crippen LogP contribution < -0.4 is 10.5 Å². The van der Waals surface area contributed by atoms with Crippen LogP contribution in [0.15, 0.2) is 23.2 Å². The number of hydrogen-bond donors (Lipinski definition) is 3. The van der Waals surface area contributed by atoms with E-state index in [-0.39, 0.29) is 22.0 Å². The first-order valence-electron chi connectivity index (χ1n) is 5.39. The molecule has 0 unspecified atom stereocenters. The lowest BCUT2D eigenvalue weighted by molar-refractivity contribution is 0.599. The number of rotatable bonds is 3. The van der Waals surface area contributed by atoms with Crippen molar-refractivity contribution in [1.29, 1.82) is 0 Å². The normalized spacial score (nSPS) is 11.5. The third-order valence-electron chi connectivity index (χ3n) is 2.63. The summed E-state index contributed by atoms with van der Waals surface area (Å²) in [5, 5.41) is 6.24. The van der Waals surface area contributed by atoms with E-state index in [1.54, 1.807) is 6.92 Å². The summed E-state index contributed by atoms with van der Waals surface area (Å²) in [6, 6.07) is 2.30. The van der Waals surface area contributed by atoms with E-state index in [0.29, 0.717) is 5.56 Å². The van der Waals surface area contributed by atoms with Gasteiger partial charge in [-0.05, 0) is 31.5 Å². The molecular weight excluding hydrogens is 271 g/mol. The summed E-state index contributed by atoms with van der Waals surface area (Å²) in [5.74, 6) is -0.350. The molecule has 1 heterocycles. The summed E-state index contributed by atoms with van der Waals surface area (Å²) in [6.45, 7) is 3.15. The molecule has 0 spiro atoms. The van der Waals surface area contributed by atoms with Gasteiger partial charge in [0.2, 0.25) is 0 Å². The highest BCUT2D eigenvalue weighted by molar-refractivity contribution is 7.92. The van der Waals surface area contributed by atoms with Crippen molar-refractivity contribution in [3.63, 3.8) is 0 Å². The number of H-pyrrole nitrogens is 1. The van der Waals surface area contributed by atoms with Gasteiger partial charge >= 0.3 is 0 Å². The first-order chi connectivity index (χ1) is 8.81. The Kier molecular flexibility index (Phi) is 3.19. The molecule has 0 aliphatic rings. The van der Waals surface area contributed by atoms with E-state index in [0.717, 1.165) is 6.07 Å². The van der Waals surface area contributed by atoms with Crippen molar-refractivity contribution >= 4 is 21.5 Å². The van der Waals surface area contributed by atoms with Crippen molar-refractivity contribution in [1.82, 2.24) is 10.2 Å². The Bertz CT molecular complexity index is 701. The molecule has 2 rings (SSSR count). The predicted molar refractivity (Wildman–Crippen MR) is 69.7 cm³/mol. The molecule has 6 nitrogen and oxygen atoms in total. The number of nitrogen functional groups attached to an aromatic ring is 1. The summed E-state index contributed by atoms with van der Waals surface area (Å²) in [5.41, 5.74) is 6.04. The summed E-state index contributed by atoms with van der Waals surface area (Å²) < 4.78 is 40.0. The largest absolute Gasteiger partial charge is 0.396 e. The van der Waals surface area contributed by atoms with E-state index in [2.05, 4.69) is 14.9 Å². The molecular formula is C11H13FN4O2S. The van der Waals surface area contributed by atoms with E-state index in [1.807, 2.05) is 0 Å². The monoisotopic (exact) mass is 284 g/mol. The van der Waals surface area contributed by atoms with Crippen LogP contribution >= 0.6 is 0 Å². The second-order valence-electron chi connectivity index (χ2n) is 4.18. The Morgan fingerprint density at radius 3 is 2.53 bits per heavy atom. The molecule has 0 saturated carbocycles. The number of halogens is 1. The molecule has 0 aliphatic heterocycles. The van der Waals surface area contributed by atoms with Crippen LogP contribution in [0.4, 0.5) is 15.9 Å². The number of hydrogen-bond acceptors (Lipinski definition) is 4. The lowest BCUT2D eigenvalue weighted by atomic mass is 10.2. The maximum Gasteiger partial charge on any atom is 0.263 e. The highest BCUT2D eigenvalue weighted by Crippen LogP contribution is 2.23. The van der Waals surface area contributed by atoms with Gasteiger partial charge in [0.15, 0.2) is 0 Å². The molecule has 2 aromatic rings. The molecule has 0 aliphatic carbocycles. The summed E-state index contributed by atoms with van der Waals surface area (Å²) in [4.78, 5) is -0.0992. The summed E-state index contributed by atoms with van der Waals surface area (Å²) >= 11 is 0. The van der Waals surface area contributed by atoms with E-state index < -0.39 is 15.8 Å². The topological polar surface area (TPSA) is 101 Å². The maximum absolute atomic E-state index is 13.4. The van der Waals surface area contributed by atoms with Gasteiger partial charge in [-0.3, -0.25) is 9.82 Å². The zero-order valence-corrected chi connectivity index (χ0v) is 11.2. The van der Waals surface area contributed by atoms with Crippen LogP contribution in [-0.2, 0) is 10.0 Å². The molecule has 0 fully saturated rings. The van der Waals surface area contributed by atoms with Crippen LogP contribution in [0, 0.1) is 19.7 Å². The molecule has 4 N–H and O–H groups in total. The van der Waals surface area contributed by atoms with Gasteiger partial charge in [0, 0.05) is 5.56 Å². The first kappa shape index (κ1) is 13.3.